The smallest absolute Gasteiger partial charge is 0.328 e. The molecule has 0 aromatic heterocycles. The van der Waals surface area contributed by atoms with E-state index in [0.29, 0.717) is 25.7 Å². The van der Waals surface area contributed by atoms with Crippen LogP contribution in [0.4, 0.5) is 0 Å². The number of aryl methyl sites for hydroxylation is 2. The molecular formula is C27H37N3O4. The Hall–Kier alpha value is -3.19. The predicted molar refractivity (Wildman–Crippen MR) is 133 cm³/mol. The summed E-state index contributed by atoms with van der Waals surface area (Å²) in [7, 11) is 0. The molecule has 34 heavy (non-hydrogen) atoms. The highest BCUT2D eigenvalue weighted by Crippen LogP contribution is 2.11. The van der Waals surface area contributed by atoms with E-state index < -0.39 is 35.4 Å². The van der Waals surface area contributed by atoms with Crippen molar-refractivity contribution in [2.75, 3.05) is 6.61 Å². The van der Waals surface area contributed by atoms with Gasteiger partial charge in [0.15, 0.2) is 0 Å². The van der Waals surface area contributed by atoms with E-state index in [2.05, 4.69) is 10.6 Å². The largest absolute Gasteiger partial charge is 0.464 e. The number of nitrogens with two attached hydrogens (primary N) is 1. The molecule has 0 bridgehead atoms. The van der Waals surface area contributed by atoms with Gasteiger partial charge in [-0.25, -0.2) is 4.79 Å². The summed E-state index contributed by atoms with van der Waals surface area (Å²) in [5, 5.41) is 5.57. The number of esters is 1. The minimum atomic E-state index is -1.13. The molecule has 2 aromatic rings. The maximum Gasteiger partial charge on any atom is 0.328 e. The van der Waals surface area contributed by atoms with Gasteiger partial charge in [-0.15, -0.1) is 0 Å². The molecule has 2 aromatic carbocycles. The van der Waals surface area contributed by atoms with Crippen molar-refractivity contribution >= 4 is 17.8 Å². The van der Waals surface area contributed by atoms with Gasteiger partial charge in [0.1, 0.15) is 12.1 Å². The van der Waals surface area contributed by atoms with Crippen molar-refractivity contribution in [3.63, 3.8) is 0 Å². The van der Waals surface area contributed by atoms with Crippen LogP contribution in [0, 0.1) is 0 Å². The minimum absolute atomic E-state index is 0.217. The first-order chi connectivity index (χ1) is 16.2. The van der Waals surface area contributed by atoms with E-state index in [-0.39, 0.29) is 6.61 Å². The molecule has 0 unspecified atom stereocenters. The van der Waals surface area contributed by atoms with Crippen LogP contribution in [0.2, 0.25) is 0 Å². The summed E-state index contributed by atoms with van der Waals surface area (Å²) in [5.74, 6) is -1.33. The van der Waals surface area contributed by atoms with Crippen molar-refractivity contribution in [1.29, 1.82) is 0 Å². The molecule has 184 valence electrons. The van der Waals surface area contributed by atoms with Gasteiger partial charge in [0.2, 0.25) is 11.8 Å². The number of rotatable bonds is 13. The maximum atomic E-state index is 13.2. The quantitative estimate of drug-likeness (QED) is 0.392. The van der Waals surface area contributed by atoms with Gasteiger partial charge in [-0.2, -0.15) is 0 Å². The molecular weight excluding hydrogens is 430 g/mol. The van der Waals surface area contributed by atoms with E-state index in [1.807, 2.05) is 60.7 Å². The number of carbonyl (C=O) groups excluding carboxylic acids is 3. The lowest BCUT2D eigenvalue weighted by atomic mass is 10.0. The van der Waals surface area contributed by atoms with Crippen molar-refractivity contribution < 1.29 is 19.1 Å². The summed E-state index contributed by atoms with van der Waals surface area (Å²) in [6.45, 7) is 5.12. The van der Waals surface area contributed by atoms with Gasteiger partial charge >= 0.3 is 5.97 Å². The van der Waals surface area contributed by atoms with Crippen molar-refractivity contribution in [3.8, 4) is 0 Å². The van der Waals surface area contributed by atoms with Gasteiger partial charge in [-0.05, 0) is 64.0 Å². The zero-order chi connectivity index (χ0) is 25.0. The molecule has 2 atom stereocenters. The molecule has 7 nitrogen and oxygen atoms in total. The standard InChI is InChI=1S/C27H37N3O4/c1-4-34-25(32)23(19-18-21-14-9-6-10-15-21)29-24(31)22(30-26(33)27(2,3)28)17-11-16-20-12-7-5-8-13-20/h5-10,12-15,22-23H,4,11,16-19,28H2,1-3H3,(H,29,31)(H,30,33)/t22-,23+/m0/s1. The first-order valence-corrected chi connectivity index (χ1v) is 11.9. The fraction of sp³-hybridized carbons (Fsp3) is 0.444. The van der Waals surface area contributed by atoms with Gasteiger partial charge in [0.25, 0.3) is 0 Å². The fourth-order valence-electron chi connectivity index (χ4n) is 3.49. The molecule has 0 heterocycles. The zero-order valence-electron chi connectivity index (χ0n) is 20.4. The van der Waals surface area contributed by atoms with Gasteiger partial charge in [0, 0.05) is 0 Å². The van der Waals surface area contributed by atoms with E-state index in [1.165, 1.54) is 0 Å². The normalized spacial score (nSPS) is 12.9. The monoisotopic (exact) mass is 467 g/mol. The van der Waals surface area contributed by atoms with Gasteiger partial charge in [0.05, 0.1) is 12.1 Å². The molecule has 2 amide bonds. The Morgan fingerprint density at radius 1 is 0.853 bits per heavy atom. The predicted octanol–water partition coefficient (Wildman–Crippen LogP) is 2.91. The average Bonchev–Trinajstić information content (AvgIpc) is 2.81. The highest BCUT2D eigenvalue weighted by Gasteiger charge is 2.30. The molecule has 0 aliphatic rings. The molecule has 0 aliphatic carbocycles. The lowest BCUT2D eigenvalue weighted by molar-refractivity contribution is -0.147. The van der Waals surface area contributed by atoms with Crippen LogP contribution in [0.5, 0.6) is 0 Å². The van der Waals surface area contributed by atoms with E-state index in [9.17, 15) is 14.4 Å². The molecule has 0 spiro atoms. The number of benzene rings is 2. The van der Waals surface area contributed by atoms with Crippen LogP contribution in [0.25, 0.3) is 0 Å². The Balaban J connectivity index is 2.08. The van der Waals surface area contributed by atoms with E-state index in [0.717, 1.165) is 17.5 Å². The van der Waals surface area contributed by atoms with Crippen molar-refractivity contribution in [2.45, 2.75) is 70.5 Å². The average molecular weight is 468 g/mol. The zero-order valence-corrected chi connectivity index (χ0v) is 20.4. The molecule has 7 heteroatoms. The lowest BCUT2D eigenvalue weighted by Gasteiger charge is -2.26. The van der Waals surface area contributed by atoms with Gasteiger partial charge < -0.3 is 21.1 Å². The van der Waals surface area contributed by atoms with E-state index in [1.54, 1.807) is 20.8 Å². The summed E-state index contributed by atoms with van der Waals surface area (Å²) in [4.78, 5) is 38.3. The maximum absolute atomic E-state index is 13.2. The molecule has 0 aliphatic heterocycles. The Labute approximate surface area is 202 Å². The van der Waals surface area contributed by atoms with Crippen molar-refractivity contribution in [1.82, 2.24) is 10.6 Å². The SMILES string of the molecule is CCOC(=O)[C@@H](CCc1ccccc1)NC(=O)[C@H](CCCc1ccccc1)NC(=O)C(C)(C)N. The van der Waals surface area contributed by atoms with Crippen LogP contribution in [0.15, 0.2) is 60.7 Å². The number of ether oxygens (including phenoxy) is 1. The second-order valence-corrected chi connectivity index (χ2v) is 8.96. The highest BCUT2D eigenvalue weighted by molar-refractivity contribution is 5.93. The molecule has 0 saturated carbocycles. The highest BCUT2D eigenvalue weighted by atomic mass is 16.5. The fourth-order valence-corrected chi connectivity index (χ4v) is 3.49. The second-order valence-electron chi connectivity index (χ2n) is 8.96. The summed E-state index contributed by atoms with van der Waals surface area (Å²) >= 11 is 0. The molecule has 0 saturated heterocycles. The third kappa shape index (κ3) is 9.35. The first-order valence-electron chi connectivity index (χ1n) is 11.9. The number of amides is 2. The topological polar surface area (TPSA) is 111 Å². The van der Waals surface area contributed by atoms with Crippen LogP contribution in [0.3, 0.4) is 0 Å². The van der Waals surface area contributed by atoms with Crippen LogP contribution < -0.4 is 16.4 Å². The lowest BCUT2D eigenvalue weighted by Crippen LogP contribution is -2.57. The molecule has 0 radical (unpaired) electrons. The van der Waals surface area contributed by atoms with Crippen LogP contribution >= 0.6 is 0 Å². The second kappa shape index (κ2) is 13.5. The van der Waals surface area contributed by atoms with E-state index >= 15 is 0 Å². The molecule has 4 N–H and O–H groups in total. The number of nitrogens with one attached hydrogen (secondary N) is 2. The van der Waals surface area contributed by atoms with Crippen molar-refractivity contribution in [3.05, 3.63) is 71.8 Å². The third-order valence-corrected chi connectivity index (χ3v) is 5.46. The van der Waals surface area contributed by atoms with Crippen LogP contribution in [0.1, 0.15) is 51.2 Å². The minimum Gasteiger partial charge on any atom is -0.464 e. The van der Waals surface area contributed by atoms with Gasteiger partial charge in [-0.3, -0.25) is 9.59 Å². The summed E-state index contributed by atoms with van der Waals surface area (Å²) in [5.41, 5.74) is 7.01. The Morgan fingerprint density at radius 3 is 1.94 bits per heavy atom. The van der Waals surface area contributed by atoms with E-state index in [4.69, 9.17) is 10.5 Å². The summed E-state index contributed by atoms with van der Waals surface area (Å²) < 4.78 is 5.19. The number of hydrogen-bond donors (Lipinski definition) is 3. The number of carbonyl (C=O) groups is 3. The van der Waals surface area contributed by atoms with Crippen molar-refractivity contribution in [2.24, 2.45) is 5.73 Å². The van der Waals surface area contributed by atoms with Crippen LogP contribution in [-0.4, -0.2) is 42.0 Å². The Morgan fingerprint density at radius 2 is 1.41 bits per heavy atom. The Kier molecular flexibility index (Phi) is 10.7. The third-order valence-electron chi connectivity index (χ3n) is 5.46. The number of hydrogen-bond acceptors (Lipinski definition) is 5. The molecule has 2 rings (SSSR count). The first kappa shape index (κ1) is 27.1. The van der Waals surface area contributed by atoms with Gasteiger partial charge in [-0.1, -0.05) is 60.7 Å². The van der Waals surface area contributed by atoms with Crippen LogP contribution in [-0.2, 0) is 32.0 Å². The Bertz CT molecular complexity index is 910. The summed E-state index contributed by atoms with van der Waals surface area (Å²) in [6.07, 6.45) is 2.85. The molecule has 0 fully saturated rings. The summed E-state index contributed by atoms with van der Waals surface area (Å²) in [6, 6.07) is 18.0.